The number of rotatable bonds is 4. The zero-order valence-electron chi connectivity index (χ0n) is 11.6. The SMILES string of the molecule is COC(=O)c1ccc(Oc2ncccc2NC(C)=O)cc1. The van der Waals surface area contributed by atoms with E-state index < -0.39 is 5.97 Å². The predicted octanol–water partition coefficient (Wildman–Crippen LogP) is 2.62. The molecule has 0 radical (unpaired) electrons. The lowest BCUT2D eigenvalue weighted by Gasteiger charge is -2.10. The molecule has 6 nitrogen and oxygen atoms in total. The number of carbonyl (C=O) groups is 2. The molecule has 0 saturated carbocycles. The second-order valence-corrected chi connectivity index (χ2v) is 4.16. The van der Waals surface area contributed by atoms with E-state index in [1.54, 1.807) is 42.6 Å². The first-order chi connectivity index (χ1) is 10.1. The van der Waals surface area contributed by atoms with Crippen molar-refractivity contribution < 1.29 is 19.1 Å². The first-order valence-electron chi connectivity index (χ1n) is 6.19. The standard InChI is InChI=1S/C15H14N2O4/c1-10(18)17-13-4-3-9-16-14(13)21-12-7-5-11(6-8-12)15(19)20-2/h3-9H,1-2H3,(H,17,18). The van der Waals surface area contributed by atoms with Crippen molar-refractivity contribution in [2.75, 3.05) is 12.4 Å². The van der Waals surface area contributed by atoms with Crippen LogP contribution in [0.3, 0.4) is 0 Å². The number of ether oxygens (including phenoxy) is 2. The number of benzene rings is 1. The number of hydrogen-bond donors (Lipinski definition) is 1. The van der Waals surface area contributed by atoms with Crippen molar-refractivity contribution in [3.63, 3.8) is 0 Å². The summed E-state index contributed by atoms with van der Waals surface area (Å²) < 4.78 is 10.2. The summed E-state index contributed by atoms with van der Waals surface area (Å²) >= 11 is 0. The molecule has 1 amide bonds. The van der Waals surface area contributed by atoms with Gasteiger partial charge >= 0.3 is 5.97 Å². The number of methoxy groups -OCH3 is 1. The van der Waals surface area contributed by atoms with Gasteiger partial charge in [-0.2, -0.15) is 0 Å². The summed E-state index contributed by atoms with van der Waals surface area (Å²) in [6, 6.07) is 9.80. The van der Waals surface area contributed by atoms with Gasteiger partial charge < -0.3 is 14.8 Å². The van der Waals surface area contributed by atoms with Crippen LogP contribution in [0.1, 0.15) is 17.3 Å². The summed E-state index contributed by atoms with van der Waals surface area (Å²) in [7, 11) is 1.32. The number of nitrogens with zero attached hydrogens (tertiary/aromatic N) is 1. The van der Waals surface area contributed by atoms with Gasteiger partial charge in [0.2, 0.25) is 11.8 Å². The normalized spacial score (nSPS) is 9.81. The van der Waals surface area contributed by atoms with Gasteiger partial charge in [-0.1, -0.05) is 0 Å². The van der Waals surface area contributed by atoms with E-state index >= 15 is 0 Å². The molecule has 1 N–H and O–H groups in total. The maximum absolute atomic E-state index is 11.3. The van der Waals surface area contributed by atoms with Crippen molar-refractivity contribution in [2.24, 2.45) is 0 Å². The molecule has 0 unspecified atom stereocenters. The Morgan fingerprint density at radius 3 is 2.48 bits per heavy atom. The lowest BCUT2D eigenvalue weighted by atomic mass is 10.2. The highest BCUT2D eigenvalue weighted by Crippen LogP contribution is 2.26. The smallest absolute Gasteiger partial charge is 0.337 e. The fourth-order valence-electron chi connectivity index (χ4n) is 1.65. The molecule has 108 valence electrons. The van der Waals surface area contributed by atoms with Gasteiger partial charge in [-0.25, -0.2) is 9.78 Å². The van der Waals surface area contributed by atoms with Gasteiger partial charge in [0.25, 0.3) is 0 Å². The number of nitrogens with one attached hydrogen (secondary N) is 1. The van der Waals surface area contributed by atoms with Crippen molar-refractivity contribution in [1.82, 2.24) is 4.98 Å². The zero-order valence-corrected chi connectivity index (χ0v) is 11.6. The summed E-state index contributed by atoms with van der Waals surface area (Å²) in [5.74, 6) is 0.138. The van der Waals surface area contributed by atoms with Gasteiger partial charge in [-0.3, -0.25) is 4.79 Å². The highest BCUT2D eigenvalue weighted by atomic mass is 16.5. The molecule has 2 aromatic rings. The van der Waals surface area contributed by atoms with Gasteiger partial charge in [0, 0.05) is 13.1 Å². The van der Waals surface area contributed by atoms with E-state index in [1.807, 2.05) is 0 Å². The Bertz CT molecular complexity index is 653. The predicted molar refractivity (Wildman–Crippen MR) is 76.4 cm³/mol. The lowest BCUT2D eigenvalue weighted by molar-refractivity contribution is -0.114. The van der Waals surface area contributed by atoms with Gasteiger partial charge in [-0.15, -0.1) is 0 Å². The van der Waals surface area contributed by atoms with Crippen LogP contribution in [-0.2, 0) is 9.53 Å². The van der Waals surface area contributed by atoms with Crippen LogP contribution in [0.2, 0.25) is 0 Å². The third-order valence-electron chi connectivity index (χ3n) is 2.57. The molecule has 0 atom stereocenters. The van der Waals surface area contributed by atoms with Crippen LogP contribution in [0.25, 0.3) is 0 Å². The van der Waals surface area contributed by atoms with Crippen molar-refractivity contribution in [1.29, 1.82) is 0 Å². The van der Waals surface area contributed by atoms with E-state index in [2.05, 4.69) is 15.0 Å². The van der Waals surface area contributed by atoms with Crippen molar-refractivity contribution in [2.45, 2.75) is 6.92 Å². The summed E-state index contributed by atoms with van der Waals surface area (Å²) in [5, 5.41) is 2.63. The second kappa shape index (κ2) is 6.51. The molecular formula is C15H14N2O4. The molecule has 0 saturated heterocycles. The van der Waals surface area contributed by atoms with E-state index in [9.17, 15) is 9.59 Å². The molecule has 0 aliphatic rings. The van der Waals surface area contributed by atoms with Crippen LogP contribution in [0.4, 0.5) is 5.69 Å². The molecule has 1 aromatic heterocycles. The number of anilines is 1. The maximum Gasteiger partial charge on any atom is 0.337 e. The lowest BCUT2D eigenvalue weighted by Crippen LogP contribution is -2.07. The average Bonchev–Trinajstić information content (AvgIpc) is 2.49. The first kappa shape index (κ1) is 14.5. The second-order valence-electron chi connectivity index (χ2n) is 4.16. The minimum Gasteiger partial charge on any atom is -0.465 e. The summed E-state index contributed by atoms with van der Waals surface area (Å²) in [4.78, 5) is 26.5. The highest BCUT2D eigenvalue weighted by Gasteiger charge is 2.09. The number of aromatic nitrogens is 1. The highest BCUT2D eigenvalue weighted by molar-refractivity contribution is 5.90. The van der Waals surface area contributed by atoms with Crippen molar-refractivity contribution >= 4 is 17.6 Å². The topological polar surface area (TPSA) is 77.5 Å². The Morgan fingerprint density at radius 1 is 1.14 bits per heavy atom. The summed E-state index contributed by atoms with van der Waals surface area (Å²) in [6.45, 7) is 1.40. The molecule has 0 spiro atoms. The molecule has 1 heterocycles. The third-order valence-corrected chi connectivity index (χ3v) is 2.57. The van der Waals surface area contributed by atoms with Gasteiger partial charge in [0.15, 0.2) is 0 Å². The summed E-state index contributed by atoms with van der Waals surface area (Å²) in [6.07, 6.45) is 1.56. The minimum atomic E-state index is -0.418. The Morgan fingerprint density at radius 2 is 1.86 bits per heavy atom. The Balaban J connectivity index is 2.18. The molecule has 2 rings (SSSR count). The van der Waals surface area contributed by atoms with E-state index in [0.29, 0.717) is 17.0 Å². The average molecular weight is 286 g/mol. The molecule has 0 aliphatic heterocycles. The third kappa shape index (κ3) is 3.79. The Labute approximate surface area is 121 Å². The number of carbonyl (C=O) groups excluding carboxylic acids is 2. The van der Waals surface area contributed by atoms with E-state index in [4.69, 9.17) is 4.74 Å². The molecule has 0 fully saturated rings. The Hall–Kier alpha value is -2.89. The van der Waals surface area contributed by atoms with Crippen LogP contribution in [0.5, 0.6) is 11.6 Å². The minimum absolute atomic E-state index is 0.214. The van der Waals surface area contributed by atoms with Gasteiger partial charge in [-0.05, 0) is 36.4 Å². The number of hydrogen-bond acceptors (Lipinski definition) is 5. The summed E-state index contributed by atoms with van der Waals surface area (Å²) in [5.41, 5.74) is 0.898. The first-order valence-corrected chi connectivity index (χ1v) is 6.19. The Kier molecular flexibility index (Phi) is 4.50. The van der Waals surface area contributed by atoms with Crippen molar-refractivity contribution in [3.8, 4) is 11.6 Å². The fraction of sp³-hybridized carbons (Fsp3) is 0.133. The molecular weight excluding hydrogens is 272 g/mol. The van der Waals surface area contributed by atoms with E-state index in [0.717, 1.165) is 0 Å². The van der Waals surface area contributed by atoms with Crippen LogP contribution >= 0.6 is 0 Å². The molecule has 1 aromatic carbocycles. The van der Waals surface area contributed by atoms with Gasteiger partial charge in [0.1, 0.15) is 11.4 Å². The monoisotopic (exact) mass is 286 g/mol. The van der Waals surface area contributed by atoms with Crippen LogP contribution < -0.4 is 10.1 Å². The van der Waals surface area contributed by atoms with Gasteiger partial charge in [0.05, 0.1) is 12.7 Å². The largest absolute Gasteiger partial charge is 0.465 e. The van der Waals surface area contributed by atoms with E-state index in [-0.39, 0.29) is 11.8 Å². The van der Waals surface area contributed by atoms with Crippen LogP contribution in [0, 0.1) is 0 Å². The van der Waals surface area contributed by atoms with Crippen LogP contribution in [-0.4, -0.2) is 24.0 Å². The maximum atomic E-state index is 11.3. The van der Waals surface area contributed by atoms with Crippen molar-refractivity contribution in [3.05, 3.63) is 48.2 Å². The quantitative estimate of drug-likeness (QED) is 0.874. The number of esters is 1. The van der Waals surface area contributed by atoms with E-state index in [1.165, 1.54) is 14.0 Å². The molecule has 0 aliphatic carbocycles. The molecule has 21 heavy (non-hydrogen) atoms. The number of pyridine rings is 1. The van der Waals surface area contributed by atoms with Crippen LogP contribution in [0.15, 0.2) is 42.6 Å². The number of amides is 1. The fourth-order valence-corrected chi connectivity index (χ4v) is 1.65. The molecule has 6 heteroatoms. The molecule has 0 bridgehead atoms. The zero-order chi connectivity index (χ0) is 15.2.